The number of piperidine rings is 1. The van der Waals surface area contributed by atoms with E-state index in [-0.39, 0.29) is 6.61 Å². The molecule has 4 aromatic rings. The third-order valence-corrected chi connectivity index (χ3v) is 5.71. The quantitative estimate of drug-likeness (QED) is 0.522. The lowest BCUT2D eigenvalue weighted by molar-refractivity contribution is 0.276. The van der Waals surface area contributed by atoms with Crippen LogP contribution in [0.25, 0.3) is 5.65 Å². The zero-order valence-electron chi connectivity index (χ0n) is 17.5. The van der Waals surface area contributed by atoms with Crippen LogP contribution in [0.2, 0.25) is 0 Å². The summed E-state index contributed by atoms with van der Waals surface area (Å²) in [5.74, 6) is 1.77. The Kier molecular flexibility index (Phi) is 5.58. The van der Waals surface area contributed by atoms with Crippen LogP contribution >= 0.6 is 0 Å². The Hall–Kier alpha value is -3.32. The molecule has 158 valence electrons. The average molecular weight is 415 g/mol. The van der Waals surface area contributed by atoms with E-state index >= 15 is 0 Å². The third kappa shape index (κ3) is 4.56. The number of fused-ring (bicyclic) bond motifs is 1. The number of rotatable bonds is 6. The number of nitrogens with zero attached hydrogens (tertiary/aromatic N) is 6. The summed E-state index contributed by atoms with van der Waals surface area (Å²) < 4.78 is 2.01. The molecule has 0 unspecified atom stereocenters. The Morgan fingerprint density at radius 1 is 0.839 bits per heavy atom. The number of aliphatic hydroxyl groups is 1. The van der Waals surface area contributed by atoms with Gasteiger partial charge in [0.15, 0.2) is 0 Å². The SMILES string of the molecule is OCc1cccc(Cc2nc(Cc3ccn4ccnc4c3)cc(N3CCCCC3)n2)n1. The van der Waals surface area contributed by atoms with Crippen LogP contribution in [0.5, 0.6) is 0 Å². The highest BCUT2D eigenvalue weighted by Crippen LogP contribution is 2.21. The van der Waals surface area contributed by atoms with E-state index in [1.165, 1.54) is 24.8 Å². The van der Waals surface area contributed by atoms with Crippen LogP contribution in [0, 0.1) is 0 Å². The van der Waals surface area contributed by atoms with Gasteiger partial charge in [0.1, 0.15) is 17.3 Å². The molecular weight excluding hydrogens is 388 g/mol. The van der Waals surface area contributed by atoms with E-state index < -0.39 is 0 Å². The van der Waals surface area contributed by atoms with Crippen LogP contribution < -0.4 is 4.90 Å². The minimum Gasteiger partial charge on any atom is -0.390 e. The topological polar surface area (TPSA) is 79.4 Å². The molecule has 7 nitrogen and oxygen atoms in total. The highest BCUT2D eigenvalue weighted by molar-refractivity contribution is 5.45. The number of hydrogen-bond donors (Lipinski definition) is 1. The summed E-state index contributed by atoms with van der Waals surface area (Å²) in [6.45, 7) is 2.01. The molecule has 5 rings (SSSR count). The fourth-order valence-corrected chi connectivity index (χ4v) is 4.14. The zero-order chi connectivity index (χ0) is 21.0. The van der Waals surface area contributed by atoms with E-state index in [1.807, 2.05) is 41.2 Å². The molecular formula is C24H26N6O. The molecule has 7 heteroatoms. The molecule has 4 aromatic heterocycles. The molecule has 0 spiro atoms. The third-order valence-electron chi connectivity index (χ3n) is 5.71. The first kappa shape index (κ1) is 19.6. The molecule has 0 aliphatic carbocycles. The number of aliphatic hydroxyl groups excluding tert-OH is 1. The lowest BCUT2D eigenvalue weighted by atomic mass is 10.1. The van der Waals surface area contributed by atoms with Gasteiger partial charge in [-0.2, -0.15) is 0 Å². The van der Waals surface area contributed by atoms with E-state index in [2.05, 4.69) is 33.1 Å². The van der Waals surface area contributed by atoms with E-state index in [4.69, 9.17) is 9.97 Å². The van der Waals surface area contributed by atoms with Crippen molar-refractivity contribution in [1.82, 2.24) is 24.3 Å². The van der Waals surface area contributed by atoms with Crippen LogP contribution in [-0.2, 0) is 19.4 Å². The molecule has 1 fully saturated rings. The lowest BCUT2D eigenvalue weighted by Crippen LogP contribution is -2.30. The molecule has 0 radical (unpaired) electrons. The van der Waals surface area contributed by atoms with Crippen LogP contribution in [0.1, 0.15) is 47.7 Å². The van der Waals surface area contributed by atoms with E-state index in [1.54, 1.807) is 0 Å². The second kappa shape index (κ2) is 8.81. The van der Waals surface area contributed by atoms with Crippen molar-refractivity contribution in [3.8, 4) is 0 Å². The van der Waals surface area contributed by atoms with Crippen LogP contribution in [0.4, 0.5) is 5.82 Å². The van der Waals surface area contributed by atoms with Crippen molar-refractivity contribution < 1.29 is 5.11 Å². The Labute approximate surface area is 181 Å². The molecule has 31 heavy (non-hydrogen) atoms. The van der Waals surface area contributed by atoms with Gasteiger partial charge in [0.25, 0.3) is 0 Å². The summed E-state index contributed by atoms with van der Waals surface area (Å²) in [6, 6.07) is 12.1. The molecule has 0 amide bonds. The summed E-state index contributed by atoms with van der Waals surface area (Å²) in [6.07, 6.45) is 10.7. The Morgan fingerprint density at radius 2 is 1.71 bits per heavy atom. The smallest absolute Gasteiger partial charge is 0.136 e. The number of anilines is 1. The summed E-state index contributed by atoms with van der Waals surface area (Å²) in [5.41, 5.74) is 4.64. The molecule has 1 aliphatic rings. The van der Waals surface area contributed by atoms with Crippen molar-refractivity contribution in [2.45, 2.75) is 38.7 Å². The molecule has 1 N–H and O–H groups in total. The summed E-state index contributed by atoms with van der Waals surface area (Å²) >= 11 is 0. The van der Waals surface area contributed by atoms with Gasteiger partial charge in [-0.1, -0.05) is 6.07 Å². The van der Waals surface area contributed by atoms with E-state index in [9.17, 15) is 5.11 Å². The minimum atomic E-state index is -0.0655. The number of pyridine rings is 2. The lowest BCUT2D eigenvalue weighted by Gasteiger charge is -2.28. The monoisotopic (exact) mass is 414 g/mol. The van der Waals surface area contributed by atoms with Crippen LogP contribution in [-0.4, -0.2) is 42.5 Å². The number of aromatic nitrogens is 5. The normalized spacial score (nSPS) is 14.3. The molecule has 0 saturated carbocycles. The van der Waals surface area contributed by atoms with Gasteiger partial charge < -0.3 is 14.4 Å². The second-order valence-electron chi connectivity index (χ2n) is 8.04. The van der Waals surface area contributed by atoms with Gasteiger partial charge in [-0.15, -0.1) is 0 Å². The van der Waals surface area contributed by atoms with Gasteiger partial charge in [0, 0.05) is 49.9 Å². The first-order chi connectivity index (χ1) is 15.3. The van der Waals surface area contributed by atoms with E-state index in [0.717, 1.165) is 48.2 Å². The van der Waals surface area contributed by atoms with Crippen molar-refractivity contribution in [2.75, 3.05) is 18.0 Å². The van der Waals surface area contributed by atoms with Gasteiger partial charge in [0.05, 0.1) is 24.4 Å². The van der Waals surface area contributed by atoms with Crippen LogP contribution in [0.3, 0.4) is 0 Å². The molecule has 0 aromatic carbocycles. The average Bonchev–Trinajstić information content (AvgIpc) is 3.27. The maximum absolute atomic E-state index is 9.40. The van der Waals surface area contributed by atoms with Crippen molar-refractivity contribution in [3.63, 3.8) is 0 Å². The fraction of sp³-hybridized carbons (Fsp3) is 0.333. The van der Waals surface area contributed by atoms with Gasteiger partial charge in [-0.25, -0.2) is 15.0 Å². The maximum atomic E-state index is 9.40. The van der Waals surface area contributed by atoms with E-state index in [0.29, 0.717) is 12.1 Å². The molecule has 1 saturated heterocycles. The summed E-state index contributed by atoms with van der Waals surface area (Å²) in [7, 11) is 0. The van der Waals surface area contributed by atoms with Crippen molar-refractivity contribution in [2.24, 2.45) is 0 Å². The Morgan fingerprint density at radius 3 is 2.58 bits per heavy atom. The predicted molar refractivity (Wildman–Crippen MR) is 119 cm³/mol. The second-order valence-corrected chi connectivity index (χ2v) is 8.04. The standard InChI is InChI=1S/C24H26N6O/c31-17-20-6-4-5-19(26-20)15-22-27-21(16-24(28-22)29-9-2-1-3-10-29)13-18-7-11-30-12-8-25-23(30)14-18/h4-8,11-12,14,16,31H,1-3,9-10,13,15,17H2. The van der Waals surface area contributed by atoms with Gasteiger partial charge in [-0.05, 0) is 49.1 Å². The van der Waals surface area contributed by atoms with Crippen molar-refractivity contribution >= 4 is 11.5 Å². The highest BCUT2D eigenvalue weighted by atomic mass is 16.3. The fourth-order valence-electron chi connectivity index (χ4n) is 4.14. The predicted octanol–water partition coefficient (Wildman–Crippen LogP) is 3.18. The Bertz CT molecular complexity index is 1180. The van der Waals surface area contributed by atoms with Crippen molar-refractivity contribution in [3.05, 3.63) is 83.5 Å². The first-order valence-corrected chi connectivity index (χ1v) is 10.9. The maximum Gasteiger partial charge on any atom is 0.136 e. The summed E-state index contributed by atoms with van der Waals surface area (Å²) in [5, 5.41) is 9.40. The van der Waals surface area contributed by atoms with Gasteiger partial charge in [0.2, 0.25) is 0 Å². The van der Waals surface area contributed by atoms with Crippen LogP contribution in [0.15, 0.2) is 55.0 Å². The zero-order valence-corrected chi connectivity index (χ0v) is 17.5. The number of imidazole rings is 1. The highest BCUT2D eigenvalue weighted by Gasteiger charge is 2.16. The van der Waals surface area contributed by atoms with Gasteiger partial charge in [-0.3, -0.25) is 4.98 Å². The molecule has 0 bridgehead atoms. The summed E-state index contributed by atoms with van der Waals surface area (Å²) in [4.78, 5) is 21.0. The molecule has 1 aliphatic heterocycles. The minimum absolute atomic E-state index is 0.0655. The molecule has 0 atom stereocenters. The van der Waals surface area contributed by atoms with Gasteiger partial charge >= 0.3 is 0 Å². The first-order valence-electron chi connectivity index (χ1n) is 10.9. The number of hydrogen-bond acceptors (Lipinski definition) is 6. The Balaban J connectivity index is 1.47. The largest absolute Gasteiger partial charge is 0.390 e. The molecule has 5 heterocycles. The van der Waals surface area contributed by atoms with Crippen molar-refractivity contribution in [1.29, 1.82) is 0 Å².